The highest BCUT2D eigenvalue weighted by molar-refractivity contribution is 5.04. The van der Waals surface area contributed by atoms with Crippen molar-refractivity contribution >= 4 is 0 Å². The number of hydrogen-bond donors (Lipinski definition) is 1. The first-order valence-electron chi connectivity index (χ1n) is 6.38. The van der Waals surface area contributed by atoms with Crippen LogP contribution in [0, 0.1) is 5.92 Å². The highest BCUT2D eigenvalue weighted by Gasteiger charge is 2.06. The van der Waals surface area contributed by atoms with Crippen LogP contribution in [-0.4, -0.2) is 17.8 Å². The van der Waals surface area contributed by atoms with E-state index in [1.165, 1.54) is 0 Å². The Kier molecular flexibility index (Phi) is 6.22. The largest absolute Gasteiger partial charge is 0.370 e. The molecule has 0 saturated heterocycles. The van der Waals surface area contributed by atoms with E-state index in [9.17, 15) is 0 Å². The summed E-state index contributed by atoms with van der Waals surface area (Å²) in [5, 5.41) is 7.33. The molecule has 4 heteroatoms. The van der Waals surface area contributed by atoms with E-state index in [2.05, 4.69) is 38.2 Å². The quantitative estimate of drug-likeness (QED) is 0.759. The van der Waals surface area contributed by atoms with Crippen molar-refractivity contribution in [1.29, 1.82) is 0 Å². The van der Waals surface area contributed by atoms with E-state index in [4.69, 9.17) is 9.26 Å². The van der Waals surface area contributed by atoms with Crippen LogP contribution < -0.4 is 5.32 Å². The maximum atomic E-state index is 5.58. The Morgan fingerprint density at radius 2 is 2.18 bits per heavy atom. The molecule has 1 heterocycles. The lowest BCUT2D eigenvalue weighted by molar-refractivity contribution is 0.0377. The van der Waals surface area contributed by atoms with E-state index < -0.39 is 0 Å². The molecule has 1 unspecified atom stereocenters. The van der Waals surface area contributed by atoms with Crippen molar-refractivity contribution in [2.45, 2.75) is 53.4 Å². The van der Waals surface area contributed by atoms with Crippen LogP contribution in [0.1, 0.15) is 45.6 Å². The van der Waals surface area contributed by atoms with E-state index in [0.717, 1.165) is 31.0 Å². The molecule has 1 aromatic heterocycles. The van der Waals surface area contributed by atoms with E-state index in [1.54, 1.807) is 0 Å². The number of nitrogens with zero attached hydrogens (tertiary/aromatic N) is 1. The van der Waals surface area contributed by atoms with Crippen molar-refractivity contribution in [2.24, 2.45) is 5.92 Å². The van der Waals surface area contributed by atoms with Crippen LogP contribution in [0.5, 0.6) is 0 Å². The maximum absolute atomic E-state index is 5.58. The van der Waals surface area contributed by atoms with Crippen molar-refractivity contribution in [3.8, 4) is 0 Å². The maximum Gasteiger partial charge on any atom is 0.162 e. The molecule has 0 fully saturated rings. The van der Waals surface area contributed by atoms with Crippen LogP contribution >= 0.6 is 0 Å². The average Bonchev–Trinajstić information content (AvgIpc) is 2.73. The predicted octanol–water partition coefficient (Wildman–Crippen LogP) is 2.74. The predicted molar refractivity (Wildman–Crippen MR) is 67.6 cm³/mol. The van der Waals surface area contributed by atoms with Gasteiger partial charge in [0.15, 0.2) is 5.76 Å². The third-order valence-electron chi connectivity index (χ3n) is 2.55. The molecule has 0 aliphatic rings. The summed E-state index contributed by atoms with van der Waals surface area (Å²) in [6, 6.07) is 1.95. The fourth-order valence-electron chi connectivity index (χ4n) is 1.34. The molecule has 1 atom stereocenters. The van der Waals surface area contributed by atoms with Gasteiger partial charge in [-0.3, -0.25) is 0 Å². The van der Waals surface area contributed by atoms with Gasteiger partial charge >= 0.3 is 0 Å². The van der Waals surface area contributed by atoms with Gasteiger partial charge in [0.05, 0.1) is 11.8 Å². The molecular formula is C13H24N2O2. The Balaban J connectivity index is 2.27. The zero-order valence-electron chi connectivity index (χ0n) is 11.3. The van der Waals surface area contributed by atoms with Crippen molar-refractivity contribution in [2.75, 3.05) is 6.54 Å². The molecule has 98 valence electrons. The topological polar surface area (TPSA) is 47.3 Å². The molecule has 1 N–H and O–H groups in total. The summed E-state index contributed by atoms with van der Waals surface area (Å²) in [5.74, 6) is 1.45. The van der Waals surface area contributed by atoms with Crippen molar-refractivity contribution in [1.82, 2.24) is 10.5 Å². The van der Waals surface area contributed by atoms with Crippen LogP contribution in [-0.2, 0) is 17.9 Å². The molecule has 0 aliphatic heterocycles. The van der Waals surface area contributed by atoms with Crippen LogP contribution in [0.25, 0.3) is 0 Å². The molecule has 0 spiro atoms. The van der Waals surface area contributed by atoms with Gasteiger partial charge in [-0.05, 0) is 25.8 Å². The van der Waals surface area contributed by atoms with Gasteiger partial charge in [-0.2, -0.15) is 0 Å². The molecule has 1 rings (SSSR count). The van der Waals surface area contributed by atoms with Crippen LogP contribution in [0.3, 0.4) is 0 Å². The summed E-state index contributed by atoms with van der Waals surface area (Å²) in [6.45, 7) is 10.8. The monoisotopic (exact) mass is 240 g/mol. The van der Waals surface area contributed by atoms with Gasteiger partial charge in [0, 0.05) is 12.6 Å². The molecular weight excluding hydrogens is 216 g/mol. The summed E-state index contributed by atoms with van der Waals surface area (Å²) < 4.78 is 10.8. The Morgan fingerprint density at radius 3 is 2.82 bits per heavy atom. The van der Waals surface area contributed by atoms with Gasteiger partial charge < -0.3 is 14.6 Å². The lowest BCUT2D eigenvalue weighted by atomic mass is 10.2. The fourth-order valence-corrected chi connectivity index (χ4v) is 1.34. The smallest absolute Gasteiger partial charge is 0.162 e. The molecule has 0 bridgehead atoms. The number of aromatic nitrogens is 1. The standard InChI is InChI=1S/C13H24N2O2/c1-5-11(4)16-9-13-6-12(15-17-13)8-14-7-10(2)3/h6,10-11,14H,5,7-9H2,1-4H3. The SMILES string of the molecule is CCC(C)OCc1cc(CNCC(C)C)no1. The minimum absolute atomic E-state index is 0.266. The molecule has 0 aromatic carbocycles. The summed E-state index contributed by atoms with van der Waals surface area (Å²) in [5.41, 5.74) is 0.938. The first-order valence-corrected chi connectivity index (χ1v) is 6.38. The molecule has 0 amide bonds. The highest BCUT2D eigenvalue weighted by Crippen LogP contribution is 2.07. The number of ether oxygens (including phenoxy) is 1. The lowest BCUT2D eigenvalue weighted by Gasteiger charge is -2.07. The van der Waals surface area contributed by atoms with Gasteiger partial charge in [0.2, 0.25) is 0 Å². The molecule has 0 aliphatic carbocycles. The van der Waals surface area contributed by atoms with Gasteiger partial charge in [-0.25, -0.2) is 0 Å². The molecule has 17 heavy (non-hydrogen) atoms. The first-order chi connectivity index (χ1) is 8.11. The second-order valence-electron chi connectivity index (χ2n) is 4.84. The Labute approximate surface area is 104 Å². The summed E-state index contributed by atoms with van der Waals surface area (Å²) in [6.07, 6.45) is 1.28. The Hall–Kier alpha value is -0.870. The molecule has 0 radical (unpaired) electrons. The zero-order valence-corrected chi connectivity index (χ0v) is 11.3. The molecule has 1 aromatic rings. The average molecular weight is 240 g/mol. The summed E-state index contributed by atoms with van der Waals surface area (Å²) >= 11 is 0. The lowest BCUT2D eigenvalue weighted by Crippen LogP contribution is -2.19. The Morgan fingerprint density at radius 1 is 1.41 bits per heavy atom. The first kappa shape index (κ1) is 14.2. The molecule has 4 nitrogen and oxygen atoms in total. The summed E-state index contributed by atoms with van der Waals surface area (Å²) in [7, 11) is 0. The number of nitrogens with one attached hydrogen (secondary N) is 1. The van der Waals surface area contributed by atoms with Crippen LogP contribution in [0.2, 0.25) is 0 Å². The van der Waals surface area contributed by atoms with Crippen molar-refractivity contribution in [3.63, 3.8) is 0 Å². The second kappa shape index (κ2) is 7.45. The number of rotatable bonds is 8. The zero-order chi connectivity index (χ0) is 12.7. The van der Waals surface area contributed by atoms with E-state index in [0.29, 0.717) is 12.5 Å². The highest BCUT2D eigenvalue weighted by atomic mass is 16.5. The minimum atomic E-state index is 0.266. The van der Waals surface area contributed by atoms with Gasteiger partial charge in [0.25, 0.3) is 0 Å². The van der Waals surface area contributed by atoms with E-state index in [-0.39, 0.29) is 6.10 Å². The van der Waals surface area contributed by atoms with Crippen LogP contribution in [0.4, 0.5) is 0 Å². The third kappa shape index (κ3) is 5.84. The van der Waals surface area contributed by atoms with Crippen molar-refractivity contribution < 1.29 is 9.26 Å². The van der Waals surface area contributed by atoms with Gasteiger partial charge in [-0.1, -0.05) is 25.9 Å². The second-order valence-corrected chi connectivity index (χ2v) is 4.84. The summed E-state index contributed by atoms with van der Waals surface area (Å²) in [4.78, 5) is 0. The fraction of sp³-hybridized carbons (Fsp3) is 0.769. The Bertz CT molecular complexity index is 310. The number of hydrogen-bond acceptors (Lipinski definition) is 4. The van der Waals surface area contributed by atoms with E-state index in [1.807, 2.05) is 6.07 Å². The van der Waals surface area contributed by atoms with E-state index >= 15 is 0 Å². The molecule has 0 saturated carbocycles. The van der Waals surface area contributed by atoms with Crippen molar-refractivity contribution in [3.05, 3.63) is 17.5 Å². The normalized spacial score (nSPS) is 13.2. The van der Waals surface area contributed by atoms with Crippen LogP contribution in [0.15, 0.2) is 10.6 Å². The van der Waals surface area contributed by atoms with Gasteiger partial charge in [0.1, 0.15) is 6.61 Å². The minimum Gasteiger partial charge on any atom is -0.370 e. The van der Waals surface area contributed by atoms with Gasteiger partial charge in [-0.15, -0.1) is 0 Å². The third-order valence-corrected chi connectivity index (χ3v) is 2.55.